The van der Waals surface area contributed by atoms with Gasteiger partial charge in [-0.2, -0.15) is 0 Å². The number of hydrogen-bond donors (Lipinski definition) is 1. The van der Waals surface area contributed by atoms with Crippen LogP contribution in [0.2, 0.25) is 0 Å². The van der Waals surface area contributed by atoms with E-state index in [1.54, 1.807) is 6.26 Å². The average molecular weight is 411 g/mol. The fourth-order valence-electron chi connectivity index (χ4n) is 5.59. The van der Waals surface area contributed by atoms with Crippen LogP contribution >= 0.6 is 0 Å². The maximum atomic E-state index is 6.08. The highest BCUT2D eigenvalue weighted by Gasteiger charge is 2.42. The molecule has 30 heavy (non-hydrogen) atoms. The third-order valence-electron chi connectivity index (χ3n) is 6.88. The highest BCUT2D eigenvalue weighted by Crippen LogP contribution is 2.40. The monoisotopic (exact) mass is 410 g/mol. The first-order valence-corrected chi connectivity index (χ1v) is 11.7. The van der Waals surface area contributed by atoms with Crippen LogP contribution in [0.15, 0.2) is 53.1 Å². The second-order valence-corrected chi connectivity index (χ2v) is 9.96. The fraction of sp³-hybridized carbons (Fsp3) is 0.615. The first-order chi connectivity index (χ1) is 14.6. The topological polar surface area (TPSA) is 37.6 Å². The summed E-state index contributed by atoms with van der Waals surface area (Å²) in [6.45, 7) is 11.2. The summed E-state index contributed by atoms with van der Waals surface area (Å²) in [5.41, 5.74) is 1.60. The quantitative estimate of drug-likeness (QED) is 0.586. The van der Waals surface area contributed by atoms with Crippen molar-refractivity contribution < 1.29 is 9.15 Å². The fourth-order valence-corrected chi connectivity index (χ4v) is 5.59. The number of hydrogen-bond acceptors (Lipinski definition) is 4. The Labute approximate surface area is 182 Å². The molecule has 4 nitrogen and oxygen atoms in total. The molecule has 0 bridgehead atoms. The Morgan fingerprint density at radius 1 is 1.07 bits per heavy atom. The van der Waals surface area contributed by atoms with Gasteiger partial charge < -0.3 is 19.4 Å². The minimum atomic E-state index is -0.0274. The van der Waals surface area contributed by atoms with Crippen LogP contribution in [0.25, 0.3) is 0 Å². The van der Waals surface area contributed by atoms with Crippen LogP contribution in [-0.2, 0) is 4.74 Å². The third-order valence-corrected chi connectivity index (χ3v) is 6.88. The predicted octanol–water partition coefficient (Wildman–Crippen LogP) is 5.06. The summed E-state index contributed by atoms with van der Waals surface area (Å²) < 4.78 is 11.9. The lowest BCUT2D eigenvalue weighted by Gasteiger charge is -2.47. The van der Waals surface area contributed by atoms with Gasteiger partial charge >= 0.3 is 0 Å². The van der Waals surface area contributed by atoms with E-state index in [1.165, 1.54) is 38.0 Å². The zero-order valence-electron chi connectivity index (χ0n) is 18.7. The van der Waals surface area contributed by atoms with E-state index in [0.29, 0.717) is 11.3 Å². The third kappa shape index (κ3) is 5.54. The molecule has 164 valence electrons. The lowest BCUT2D eigenvalue weighted by Crippen LogP contribution is -2.51. The van der Waals surface area contributed by atoms with Crippen molar-refractivity contribution in [1.29, 1.82) is 0 Å². The zero-order chi connectivity index (χ0) is 20.9. The Bertz CT molecular complexity index is 753. The van der Waals surface area contributed by atoms with Crippen molar-refractivity contribution in [3.63, 3.8) is 0 Å². The minimum Gasteiger partial charge on any atom is -0.469 e. The molecular formula is C26H38N2O2. The number of nitrogens with zero attached hydrogens (tertiary/aromatic N) is 1. The van der Waals surface area contributed by atoms with E-state index < -0.39 is 0 Å². The Kier molecular flexibility index (Phi) is 6.97. The summed E-state index contributed by atoms with van der Waals surface area (Å²) in [5, 5.41) is 3.85. The number of furan rings is 1. The van der Waals surface area contributed by atoms with Crippen LogP contribution in [0.3, 0.4) is 0 Å². The van der Waals surface area contributed by atoms with Crippen molar-refractivity contribution in [1.82, 2.24) is 10.2 Å². The molecule has 2 fully saturated rings. The Balaban J connectivity index is 1.38. The molecule has 0 saturated carbocycles. The van der Waals surface area contributed by atoms with Crippen LogP contribution in [0.4, 0.5) is 0 Å². The molecule has 2 saturated heterocycles. The van der Waals surface area contributed by atoms with Crippen molar-refractivity contribution in [2.45, 2.75) is 57.5 Å². The van der Waals surface area contributed by atoms with Crippen LogP contribution in [0, 0.1) is 5.41 Å². The molecule has 0 aliphatic carbocycles. The van der Waals surface area contributed by atoms with E-state index >= 15 is 0 Å². The van der Waals surface area contributed by atoms with Crippen LogP contribution in [0.5, 0.6) is 0 Å². The van der Waals surface area contributed by atoms with Gasteiger partial charge in [-0.1, -0.05) is 30.3 Å². The van der Waals surface area contributed by atoms with Crippen LogP contribution in [0.1, 0.15) is 63.2 Å². The number of benzene rings is 1. The lowest BCUT2D eigenvalue weighted by molar-refractivity contribution is -0.110. The molecule has 0 spiro atoms. The highest BCUT2D eigenvalue weighted by molar-refractivity contribution is 5.27. The summed E-state index contributed by atoms with van der Waals surface area (Å²) in [6, 6.07) is 14.8. The van der Waals surface area contributed by atoms with Crippen LogP contribution in [-0.4, -0.2) is 49.8 Å². The van der Waals surface area contributed by atoms with Crippen molar-refractivity contribution in [3.8, 4) is 0 Å². The zero-order valence-corrected chi connectivity index (χ0v) is 18.7. The first kappa shape index (κ1) is 21.6. The molecule has 2 aliphatic heterocycles. The molecule has 3 heterocycles. The number of likely N-dealkylation sites (tertiary alicyclic amines) is 1. The van der Waals surface area contributed by atoms with E-state index in [1.807, 2.05) is 6.07 Å². The summed E-state index contributed by atoms with van der Waals surface area (Å²) in [4.78, 5) is 2.68. The predicted molar refractivity (Wildman–Crippen MR) is 122 cm³/mol. The van der Waals surface area contributed by atoms with E-state index in [-0.39, 0.29) is 5.60 Å². The Morgan fingerprint density at radius 2 is 1.87 bits per heavy atom. The van der Waals surface area contributed by atoms with Gasteiger partial charge in [0.05, 0.1) is 11.9 Å². The van der Waals surface area contributed by atoms with Gasteiger partial charge in [-0.15, -0.1) is 0 Å². The largest absolute Gasteiger partial charge is 0.469 e. The summed E-state index contributed by atoms with van der Waals surface area (Å²) in [7, 11) is 0. The molecule has 2 atom stereocenters. The molecular weight excluding hydrogens is 372 g/mol. The van der Waals surface area contributed by atoms with Gasteiger partial charge in [0.1, 0.15) is 5.76 Å². The van der Waals surface area contributed by atoms with E-state index in [4.69, 9.17) is 9.15 Å². The molecule has 2 aliphatic rings. The van der Waals surface area contributed by atoms with Crippen molar-refractivity contribution >= 4 is 0 Å². The molecule has 0 amide bonds. The standard InChI is InChI=1S/C26H38N2O2/c1-25(2)19-26(13-18-30-25,21-28-15-6-7-16-28)20-27-14-12-23(24-11-8-17-29-24)22-9-4-3-5-10-22/h3-5,8-11,17,23,27H,6-7,12-16,18-21H2,1-2H3. The smallest absolute Gasteiger partial charge is 0.111 e. The molecule has 1 N–H and O–H groups in total. The summed E-state index contributed by atoms with van der Waals surface area (Å²) >= 11 is 0. The lowest BCUT2D eigenvalue weighted by atomic mass is 9.73. The van der Waals surface area contributed by atoms with E-state index in [2.05, 4.69) is 60.5 Å². The second kappa shape index (κ2) is 9.67. The van der Waals surface area contributed by atoms with Gasteiger partial charge in [-0.25, -0.2) is 0 Å². The SMILES string of the molecule is CC1(C)CC(CNCCC(c2ccccc2)c2ccco2)(CN2CCCC2)CCO1. The highest BCUT2D eigenvalue weighted by atomic mass is 16.5. The second-order valence-electron chi connectivity index (χ2n) is 9.96. The van der Waals surface area contributed by atoms with E-state index in [9.17, 15) is 0 Å². The number of nitrogens with one attached hydrogen (secondary N) is 1. The Hall–Kier alpha value is -1.62. The molecule has 2 unspecified atom stereocenters. The number of ether oxygens (including phenoxy) is 1. The molecule has 1 aromatic carbocycles. The van der Waals surface area contributed by atoms with Crippen molar-refractivity contribution in [3.05, 3.63) is 60.1 Å². The van der Waals surface area contributed by atoms with Gasteiger partial charge in [0.25, 0.3) is 0 Å². The average Bonchev–Trinajstić information content (AvgIpc) is 3.42. The first-order valence-electron chi connectivity index (χ1n) is 11.7. The minimum absolute atomic E-state index is 0.0274. The van der Waals surface area contributed by atoms with Gasteiger partial charge in [0, 0.05) is 31.0 Å². The normalized spacial score (nSPS) is 25.4. The van der Waals surface area contributed by atoms with Gasteiger partial charge in [0.15, 0.2) is 0 Å². The molecule has 2 aromatic rings. The van der Waals surface area contributed by atoms with Gasteiger partial charge in [-0.05, 0) is 83.3 Å². The molecule has 4 rings (SSSR count). The van der Waals surface area contributed by atoms with E-state index in [0.717, 1.165) is 44.7 Å². The maximum absolute atomic E-state index is 6.08. The summed E-state index contributed by atoms with van der Waals surface area (Å²) in [5.74, 6) is 1.36. The molecule has 4 heteroatoms. The van der Waals surface area contributed by atoms with Crippen LogP contribution < -0.4 is 5.32 Å². The van der Waals surface area contributed by atoms with Gasteiger partial charge in [0.2, 0.25) is 0 Å². The molecule has 1 aromatic heterocycles. The maximum Gasteiger partial charge on any atom is 0.111 e. The molecule has 0 radical (unpaired) electrons. The van der Waals surface area contributed by atoms with Gasteiger partial charge in [-0.3, -0.25) is 0 Å². The van der Waals surface area contributed by atoms with Crippen molar-refractivity contribution in [2.24, 2.45) is 5.41 Å². The summed E-state index contributed by atoms with van der Waals surface area (Å²) in [6.07, 6.45) is 7.81. The number of rotatable bonds is 9. The Morgan fingerprint density at radius 3 is 2.57 bits per heavy atom. The van der Waals surface area contributed by atoms with Crippen molar-refractivity contribution in [2.75, 3.05) is 39.3 Å².